The molecule has 2 aliphatic rings. The normalized spacial score (nSPS) is 22.7. The second-order valence-corrected chi connectivity index (χ2v) is 7.66. The number of carbonyl (C=O) groups excluding carboxylic acids is 1. The summed E-state index contributed by atoms with van der Waals surface area (Å²) in [6, 6.07) is 7.08. The van der Waals surface area contributed by atoms with Crippen LogP contribution in [0.1, 0.15) is 56.6 Å². The number of rotatable bonds is 3. The molecule has 0 unspecified atom stereocenters. The molecule has 26 heavy (non-hydrogen) atoms. The molecule has 0 radical (unpaired) electrons. The summed E-state index contributed by atoms with van der Waals surface area (Å²) in [6.07, 6.45) is 6.79. The zero-order chi connectivity index (χ0) is 18.5. The topological polar surface area (TPSA) is 47.3 Å². The van der Waals surface area contributed by atoms with Crippen molar-refractivity contribution >= 4 is 5.91 Å². The first kappa shape index (κ1) is 18.8. The Morgan fingerprint density at radius 2 is 1.96 bits per heavy atom. The van der Waals surface area contributed by atoms with Crippen LogP contribution in [-0.2, 0) is 11.3 Å². The van der Waals surface area contributed by atoms with Crippen molar-refractivity contribution in [3.63, 3.8) is 0 Å². The van der Waals surface area contributed by atoms with Crippen LogP contribution in [-0.4, -0.2) is 41.4 Å². The molecule has 2 fully saturated rings. The Morgan fingerprint density at radius 3 is 2.62 bits per heavy atom. The van der Waals surface area contributed by atoms with Gasteiger partial charge in [0.2, 0.25) is 5.91 Å². The van der Waals surface area contributed by atoms with Gasteiger partial charge in [0.25, 0.3) is 0 Å². The summed E-state index contributed by atoms with van der Waals surface area (Å²) in [4.78, 5) is 16.4. The van der Waals surface area contributed by atoms with Crippen LogP contribution in [0, 0.1) is 23.1 Å². The van der Waals surface area contributed by atoms with Gasteiger partial charge in [0, 0.05) is 31.6 Å². The Labute approximate surface area is 155 Å². The van der Waals surface area contributed by atoms with E-state index in [2.05, 4.69) is 9.80 Å². The maximum Gasteiger partial charge on any atom is 0.219 e. The van der Waals surface area contributed by atoms with Gasteiger partial charge in [0.15, 0.2) is 0 Å². The predicted molar refractivity (Wildman–Crippen MR) is 98.8 cm³/mol. The van der Waals surface area contributed by atoms with Crippen molar-refractivity contribution in [2.75, 3.05) is 19.6 Å². The van der Waals surface area contributed by atoms with E-state index in [9.17, 15) is 9.18 Å². The number of amides is 1. The van der Waals surface area contributed by atoms with Gasteiger partial charge in [-0.15, -0.1) is 0 Å². The minimum atomic E-state index is -0.294. The molecule has 0 N–H and O–H groups in total. The summed E-state index contributed by atoms with van der Waals surface area (Å²) in [5.41, 5.74) is 1.02. The minimum absolute atomic E-state index is 0.207. The molecule has 0 bridgehead atoms. The van der Waals surface area contributed by atoms with E-state index in [4.69, 9.17) is 5.26 Å². The lowest BCUT2D eigenvalue weighted by Crippen LogP contribution is -2.47. The maximum atomic E-state index is 14.1. The van der Waals surface area contributed by atoms with E-state index >= 15 is 0 Å². The first-order valence-electron chi connectivity index (χ1n) is 9.76. The van der Waals surface area contributed by atoms with Crippen LogP contribution < -0.4 is 0 Å². The third-order valence-corrected chi connectivity index (χ3v) is 5.96. The standard InChI is InChI=1S/C21H28FN3O/c1-16(26)25-10-4-2-3-5-21(25)18-8-11-24(12-9-18)15-19-7-6-17(14-23)13-20(19)22/h6-7,13,18,21H,2-5,8-12,15H2,1H3/t21-/m0/s1. The third-order valence-electron chi connectivity index (χ3n) is 5.96. The Hall–Kier alpha value is -1.93. The highest BCUT2D eigenvalue weighted by Gasteiger charge is 2.32. The van der Waals surface area contributed by atoms with E-state index < -0.39 is 0 Å². The molecule has 0 aromatic heterocycles. The van der Waals surface area contributed by atoms with Gasteiger partial charge in [-0.3, -0.25) is 9.69 Å². The average Bonchev–Trinajstić information content (AvgIpc) is 2.90. The molecule has 3 rings (SSSR count). The third kappa shape index (κ3) is 4.42. The van der Waals surface area contributed by atoms with Crippen LogP contribution in [0.25, 0.3) is 0 Å². The van der Waals surface area contributed by atoms with Crippen LogP contribution in [0.5, 0.6) is 0 Å². The number of nitrogens with zero attached hydrogens (tertiary/aromatic N) is 3. The fourth-order valence-corrected chi connectivity index (χ4v) is 4.50. The lowest BCUT2D eigenvalue weighted by atomic mass is 9.86. The number of hydrogen-bond donors (Lipinski definition) is 0. The van der Waals surface area contributed by atoms with E-state index in [0.717, 1.165) is 45.3 Å². The van der Waals surface area contributed by atoms with Crippen LogP contribution in [0.15, 0.2) is 18.2 Å². The van der Waals surface area contributed by atoms with E-state index in [1.165, 1.54) is 18.9 Å². The molecule has 4 nitrogen and oxygen atoms in total. The summed E-state index contributed by atoms with van der Waals surface area (Å²) < 4.78 is 14.1. The van der Waals surface area contributed by atoms with Gasteiger partial charge in [-0.25, -0.2) is 4.39 Å². The lowest BCUT2D eigenvalue weighted by molar-refractivity contribution is -0.132. The molecule has 0 aliphatic carbocycles. The van der Waals surface area contributed by atoms with E-state index in [-0.39, 0.29) is 11.7 Å². The predicted octanol–water partition coefficient (Wildman–Crippen LogP) is 3.70. The molecule has 2 heterocycles. The highest BCUT2D eigenvalue weighted by atomic mass is 19.1. The zero-order valence-electron chi connectivity index (χ0n) is 15.6. The summed E-state index contributed by atoms with van der Waals surface area (Å²) in [5.74, 6) is 0.468. The van der Waals surface area contributed by atoms with Crippen molar-refractivity contribution in [2.45, 2.75) is 58.0 Å². The Morgan fingerprint density at radius 1 is 1.19 bits per heavy atom. The summed E-state index contributed by atoms with van der Waals surface area (Å²) in [6.45, 7) is 5.06. The van der Waals surface area contributed by atoms with Crippen molar-refractivity contribution in [2.24, 2.45) is 5.92 Å². The smallest absolute Gasteiger partial charge is 0.219 e. The largest absolute Gasteiger partial charge is 0.340 e. The van der Waals surface area contributed by atoms with Crippen LogP contribution >= 0.6 is 0 Å². The minimum Gasteiger partial charge on any atom is -0.340 e. The van der Waals surface area contributed by atoms with Gasteiger partial charge in [-0.1, -0.05) is 18.9 Å². The summed E-state index contributed by atoms with van der Waals surface area (Å²) in [7, 11) is 0. The van der Waals surface area contributed by atoms with Crippen molar-refractivity contribution in [3.8, 4) is 6.07 Å². The van der Waals surface area contributed by atoms with Gasteiger partial charge >= 0.3 is 0 Å². The number of likely N-dealkylation sites (tertiary alicyclic amines) is 2. The highest BCUT2D eigenvalue weighted by Crippen LogP contribution is 2.30. The second-order valence-electron chi connectivity index (χ2n) is 7.66. The first-order chi connectivity index (χ1) is 12.6. The van der Waals surface area contributed by atoms with Crippen molar-refractivity contribution < 1.29 is 9.18 Å². The van der Waals surface area contributed by atoms with Gasteiger partial charge in [-0.05, 0) is 56.8 Å². The van der Waals surface area contributed by atoms with Crippen molar-refractivity contribution in [1.29, 1.82) is 5.26 Å². The first-order valence-corrected chi connectivity index (χ1v) is 9.76. The molecule has 140 valence electrons. The molecule has 5 heteroatoms. The van der Waals surface area contributed by atoms with Crippen LogP contribution in [0.3, 0.4) is 0 Å². The zero-order valence-corrected chi connectivity index (χ0v) is 15.6. The Balaban J connectivity index is 1.58. The lowest BCUT2D eigenvalue weighted by Gasteiger charge is -2.40. The van der Waals surface area contributed by atoms with Gasteiger partial charge in [-0.2, -0.15) is 5.26 Å². The van der Waals surface area contributed by atoms with Gasteiger partial charge < -0.3 is 4.90 Å². The molecule has 0 spiro atoms. The molecular weight excluding hydrogens is 329 g/mol. The van der Waals surface area contributed by atoms with Crippen molar-refractivity contribution in [3.05, 3.63) is 35.1 Å². The number of piperidine rings is 1. The monoisotopic (exact) mass is 357 g/mol. The molecule has 2 aliphatic heterocycles. The van der Waals surface area contributed by atoms with Crippen LogP contribution in [0.2, 0.25) is 0 Å². The Kier molecular flexibility index (Phi) is 6.26. The van der Waals surface area contributed by atoms with Gasteiger partial charge in [0.1, 0.15) is 5.82 Å². The quantitative estimate of drug-likeness (QED) is 0.829. The molecular formula is C21H28FN3O. The van der Waals surface area contributed by atoms with Gasteiger partial charge in [0.05, 0.1) is 11.6 Å². The number of nitriles is 1. The molecule has 1 atom stereocenters. The summed E-state index contributed by atoms with van der Waals surface area (Å²) in [5, 5.41) is 8.85. The SMILES string of the molecule is CC(=O)N1CCCCC[C@H]1C1CCN(Cc2ccc(C#N)cc2F)CC1. The average molecular weight is 357 g/mol. The van der Waals surface area contributed by atoms with E-state index in [1.54, 1.807) is 19.1 Å². The fourth-order valence-electron chi connectivity index (χ4n) is 4.50. The molecule has 1 aromatic carbocycles. The highest BCUT2D eigenvalue weighted by molar-refractivity contribution is 5.73. The number of hydrogen-bond acceptors (Lipinski definition) is 3. The van der Waals surface area contributed by atoms with Crippen molar-refractivity contribution in [1.82, 2.24) is 9.80 Å². The Bertz CT molecular complexity index is 676. The van der Waals surface area contributed by atoms with E-state index in [1.807, 2.05) is 6.07 Å². The second kappa shape index (κ2) is 8.64. The maximum absolute atomic E-state index is 14.1. The number of benzene rings is 1. The molecule has 1 aromatic rings. The van der Waals surface area contributed by atoms with E-state index in [0.29, 0.717) is 29.6 Å². The molecule has 2 saturated heterocycles. The molecule has 1 amide bonds. The number of carbonyl (C=O) groups is 1. The fraction of sp³-hybridized carbons (Fsp3) is 0.619. The summed E-state index contributed by atoms with van der Waals surface area (Å²) >= 11 is 0. The van der Waals surface area contributed by atoms with Crippen LogP contribution in [0.4, 0.5) is 4.39 Å². The molecule has 0 saturated carbocycles. The number of halogens is 1.